The molecular formula is C13H16FNO3. The molecule has 0 aliphatic rings. The highest BCUT2D eigenvalue weighted by atomic mass is 19.1. The maximum absolute atomic E-state index is 12.3. The van der Waals surface area contributed by atoms with Gasteiger partial charge in [-0.25, -0.2) is 4.79 Å². The van der Waals surface area contributed by atoms with Crippen LogP contribution in [-0.2, 0) is 20.9 Å². The molecule has 1 atom stereocenters. The predicted molar refractivity (Wildman–Crippen MR) is 64.4 cm³/mol. The second-order valence-electron chi connectivity index (χ2n) is 3.82. The standard InChI is InChI=1S/C13H16FNO3/c1-10(16)15-12(7-8-14)13(17)18-9-11-5-3-2-4-6-11/h2-6,12H,7-9H2,1H3,(H,15,16). The van der Waals surface area contributed by atoms with Crippen LogP contribution in [-0.4, -0.2) is 24.6 Å². The molecule has 98 valence electrons. The summed E-state index contributed by atoms with van der Waals surface area (Å²) in [7, 11) is 0. The molecule has 1 rings (SSSR count). The van der Waals surface area contributed by atoms with Gasteiger partial charge in [-0.05, 0) is 5.56 Å². The van der Waals surface area contributed by atoms with Gasteiger partial charge in [0.05, 0.1) is 6.67 Å². The van der Waals surface area contributed by atoms with Crippen LogP contribution < -0.4 is 5.32 Å². The molecule has 0 radical (unpaired) electrons. The molecule has 1 aromatic carbocycles. The summed E-state index contributed by atoms with van der Waals surface area (Å²) in [5.74, 6) is -1.00. The van der Waals surface area contributed by atoms with Crippen molar-refractivity contribution < 1.29 is 18.7 Å². The fraction of sp³-hybridized carbons (Fsp3) is 0.385. The number of rotatable bonds is 6. The lowest BCUT2D eigenvalue weighted by Gasteiger charge is -2.15. The first-order valence-electron chi connectivity index (χ1n) is 5.67. The van der Waals surface area contributed by atoms with Gasteiger partial charge in [-0.1, -0.05) is 30.3 Å². The summed E-state index contributed by atoms with van der Waals surface area (Å²) in [6.07, 6.45) is -0.0762. The van der Waals surface area contributed by atoms with E-state index in [1.807, 2.05) is 30.3 Å². The number of amides is 1. The molecule has 0 heterocycles. The molecule has 0 spiro atoms. The molecule has 0 saturated heterocycles. The number of carbonyl (C=O) groups excluding carboxylic acids is 2. The SMILES string of the molecule is CC(=O)NC(CCF)C(=O)OCc1ccccc1. The maximum Gasteiger partial charge on any atom is 0.329 e. The van der Waals surface area contributed by atoms with E-state index in [4.69, 9.17) is 4.74 Å². The van der Waals surface area contributed by atoms with Gasteiger partial charge in [0.15, 0.2) is 0 Å². The third-order valence-electron chi connectivity index (χ3n) is 2.28. The Bertz CT molecular complexity index is 394. The molecule has 1 amide bonds. The number of ether oxygens (including phenoxy) is 1. The van der Waals surface area contributed by atoms with Crippen LogP contribution in [0.15, 0.2) is 30.3 Å². The van der Waals surface area contributed by atoms with Crippen molar-refractivity contribution >= 4 is 11.9 Å². The lowest BCUT2D eigenvalue weighted by molar-refractivity contribution is -0.149. The molecule has 0 fully saturated rings. The van der Waals surface area contributed by atoms with Crippen LogP contribution in [0.3, 0.4) is 0 Å². The second kappa shape index (κ2) is 7.42. The molecule has 1 unspecified atom stereocenters. The van der Waals surface area contributed by atoms with Crippen molar-refractivity contribution in [3.63, 3.8) is 0 Å². The van der Waals surface area contributed by atoms with Gasteiger partial charge in [0, 0.05) is 13.3 Å². The quantitative estimate of drug-likeness (QED) is 0.783. The molecule has 1 aromatic rings. The number of carbonyl (C=O) groups is 2. The number of halogens is 1. The van der Waals surface area contributed by atoms with Crippen molar-refractivity contribution in [3.05, 3.63) is 35.9 Å². The van der Waals surface area contributed by atoms with Crippen molar-refractivity contribution in [3.8, 4) is 0 Å². The zero-order chi connectivity index (χ0) is 13.4. The highest BCUT2D eigenvalue weighted by molar-refractivity contribution is 5.83. The molecule has 5 heteroatoms. The Labute approximate surface area is 105 Å². The van der Waals surface area contributed by atoms with Crippen molar-refractivity contribution in [1.29, 1.82) is 0 Å². The number of hydrogen-bond donors (Lipinski definition) is 1. The smallest absolute Gasteiger partial charge is 0.329 e. The van der Waals surface area contributed by atoms with Crippen LogP contribution in [0.5, 0.6) is 0 Å². The first-order chi connectivity index (χ1) is 8.63. The minimum absolute atomic E-state index is 0.0762. The van der Waals surface area contributed by atoms with Crippen molar-refractivity contribution in [1.82, 2.24) is 5.32 Å². The first-order valence-corrected chi connectivity index (χ1v) is 5.67. The summed E-state index contributed by atoms with van der Waals surface area (Å²) in [6.45, 7) is 0.698. The Kier molecular flexibility index (Phi) is 5.84. The van der Waals surface area contributed by atoms with Gasteiger partial charge < -0.3 is 10.1 Å². The van der Waals surface area contributed by atoms with Crippen LogP contribution in [0, 0.1) is 0 Å². The molecule has 0 aliphatic heterocycles. The van der Waals surface area contributed by atoms with Crippen LogP contribution in [0.4, 0.5) is 4.39 Å². The molecule has 0 aliphatic carbocycles. The summed E-state index contributed by atoms with van der Waals surface area (Å²) in [5, 5.41) is 2.36. The molecule has 0 saturated carbocycles. The van der Waals surface area contributed by atoms with E-state index in [0.717, 1.165) is 5.56 Å². The Morgan fingerprint density at radius 2 is 2.00 bits per heavy atom. The third kappa shape index (κ3) is 4.95. The minimum Gasteiger partial charge on any atom is -0.459 e. The van der Waals surface area contributed by atoms with Gasteiger partial charge in [-0.15, -0.1) is 0 Å². The summed E-state index contributed by atoms with van der Waals surface area (Å²) >= 11 is 0. The summed E-state index contributed by atoms with van der Waals surface area (Å²) in [6, 6.07) is 8.22. The zero-order valence-corrected chi connectivity index (χ0v) is 10.2. The Balaban J connectivity index is 2.48. The van der Waals surface area contributed by atoms with Crippen LogP contribution in [0.1, 0.15) is 18.9 Å². The van der Waals surface area contributed by atoms with E-state index in [-0.39, 0.29) is 18.9 Å². The van der Waals surface area contributed by atoms with E-state index in [2.05, 4.69) is 5.32 Å². The van der Waals surface area contributed by atoms with Gasteiger partial charge in [0.1, 0.15) is 12.6 Å². The average Bonchev–Trinajstić information content (AvgIpc) is 2.36. The lowest BCUT2D eigenvalue weighted by atomic mass is 10.2. The van der Waals surface area contributed by atoms with E-state index in [0.29, 0.717) is 0 Å². The number of alkyl halides is 1. The molecular weight excluding hydrogens is 237 g/mol. The molecule has 1 N–H and O–H groups in total. The molecule has 18 heavy (non-hydrogen) atoms. The van der Waals surface area contributed by atoms with Gasteiger partial charge >= 0.3 is 5.97 Å². The Morgan fingerprint density at radius 1 is 1.33 bits per heavy atom. The maximum atomic E-state index is 12.3. The summed E-state index contributed by atoms with van der Waals surface area (Å²) < 4.78 is 17.3. The highest BCUT2D eigenvalue weighted by Crippen LogP contribution is 2.03. The van der Waals surface area contributed by atoms with Crippen LogP contribution in [0.25, 0.3) is 0 Å². The average molecular weight is 253 g/mol. The fourth-order valence-electron chi connectivity index (χ4n) is 1.43. The van der Waals surface area contributed by atoms with Gasteiger partial charge in [-0.3, -0.25) is 9.18 Å². The number of esters is 1. The topological polar surface area (TPSA) is 55.4 Å². The highest BCUT2D eigenvalue weighted by Gasteiger charge is 2.20. The lowest BCUT2D eigenvalue weighted by Crippen LogP contribution is -2.41. The van der Waals surface area contributed by atoms with Gasteiger partial charge in [-0.2, -0.15) is 0 Å². The number of benzene rings is 1. The first kappa shape index (κ1) is 14.2. The van der Waals surface area contributed by atoms with Crippen molar-refractivity contribution in [2.75, 3.05) is 6.67 Å². The zero-order valence-electron chi connectivity index (χ0n) is 10.2. The minimum atomic E-state index is -0.920. The molecule has 0 bridgehead atoms. The van der Waals surface area contributed by atoms with Crippen molar-refractivity contribution in [2.24, 2.45) is 0 Å². The molecule has 4 nitrogen and oxygen atoms in total. The molecule has 0 aromatic heterocycles. The number of nitrogens with one attached hydrogen (secondary N) is 1. The largest absolute Gasteiger partial charge is 0.459 e. The third-order valence-corrected chi connectivity index (χ3v) is 2.28. The predicted octanol–water partition coefficient (Wildman–Crippen LogP) is 1.59. The van der Waals surface area contributed by atoms with Gasteiger partial charge in [0.2, 0.25) is 5.91 Å². The van der Waals surface area contributed by atoms with Crippen molar-refractivity contribution in [2.45, 2.75) is 26.0 Å². The summed E-state index contributed by atoms with van der Waals surface area (Å²) in [4.78, 5) is 22.5. The van der Waals surface area contributed by atoms with Gasteiger partial charge in [0.25, 0.3) is 0 Å². The Hall–Kier alpha value is -1.91. The van der Waals surface area contributed by atoms with E-state index >= 15 is 0 Å². The van der Waals surface area contributed by atoms with E-state index < -0.39 is 18.7 Å². The van der Waals surface area contributed by atoms with E-state index in [9.17, 15) is 14.0 Å². The monoisotopic (exact) mass is 253 g/mol. The number of hydrogen-bond acceptors (Lipinski definition) is 3. The van der Waals surface area contributed by atoms with E-state index in [1.54, 1.807) is 0 Å². The van der Waals surface area contributed by atoms with E-state index in [1.165, 1.54) is 6.92 Å². The van der Waals surface area contributed by atoms with Crippen LogP contribution in [0.2, 0.25) is 0 Å². The Morgan fingerprint density at radius 3 is 2.56 bits per heavy atom. The second-order valence-corrected chi connectivity index (χ2v) is 3.82. The fourth-order valence-corrected chi connectivity index (χ4v) is 1.43. The normalized spacial score (nSPS) is 11.7. The summed E-state index contributed by atoms with van der Waals surface area (Å²) in [5.41, 5.74) is 0.840. The van der Waals surface area contributed by atoms with Crippen LogP contribution >= 0.6 is 0 Å².